The smallest absolute Gasteiger partial charge is 0.128 e. The van der Waals surface area contributed by atoms with Gasteiger partial charge in [-0.05, 0) is 37.1 Å². The number of fused-ring (bicyclic) bond motifs is 1. The summed E-state index contributed by atoms with van der Waals surface area (Å²) in [6.07, 6.45) is 8.26. The Balaban J connectivity index is 1.57. The minimum atomic E-state index is 0.710. The van der Waals surface area contributed by atoms with Crippen LogP contribution in [-0.2, 0) is 19.5 Å². The van der Waals surface area contributed by atoms with Gasteiger partial charge in [0.15, 0.2) is 0 Å². The molecule has 0 aromatic carbocycles. The second-order valence-electron chi connectivity index (χ2n) is 6.51. The van der Waals surface area contributed by atoms with Gasteiger partial charge in [0.05, 0.1) is 0 Å². The number of hydrogen-bond acceptors (Lipinski definition) is 4. The van der Waals surface area contributed by atoms with Crippen molar-refractivity contribution in [3.63, 3.8) is 0 Å². The predicted molar refractivity (Wildman–Crippen MR) is 88.9 cm³/mol. The summed E-state index contributed by atoms with van der Waals surface area (Å²) in [6.45, 7) is 3.19. The monoisotopic (exact) mass is 299 g/mol. The zero-order chi connectivity index (χ0) is 15.5. The fourth-order valence-corrected chi connectivity index (χ4v) is 3.21. The molecule has 3 heterocycles. The summed E-state index contributed by atoms with van der Waals surface area (Å²) in [5, 5.41) is 0. The molecule has 0 fully saturated rings. The number of aryl methyl sites for hydroxylation is 1. The van der Waals surface area contributed by atoms with E-state index < -0.39 is 0 Å². The first kappa shape index (κ1) is 15.0. The molecule has 0 aliphatic carbocycles. The number of nitrogens with zero attached hydrogens (tertiary/aromatic N) is 5. The van der Waals surface area contributed by atoms with Gasteiger partial charge in [-0.25, -0.2) is 9.97 Å². The van der Waals surface area contributed by atoms with E-state index in [9.17, 15) is 0 Å². The van der Waals surface area contributed by atoms with Crippen molar-refractivity contribution in [3.05, 3.63) is 42.1 Å². The van der Waals surface area contributed by atoms with Crippen molar-refractivity contribution in [3.8, 4) is 0 Å². The highest BCUT2D eigenvalue weighted by atomic mass is 15.1. The van der Waals surface area contributed by atoms with Gasteiger partial charge < -0.3 is 14.4 Å². The van der Waals surface area contributed by atoms with Crippen molar-refractivity contribution < 1.29 is 0 Å². The molecule has 3 rings (SSSR count). The van der Waals surface area contributed by atoms with Gasteiger partial charge in [-0.2, -0.15) is 0 Å². The Hall–Kier alpha value is -1.88. The van der Waals surface area contributed by atoms with Crippen molar-refractivity contribution in [2.75, 3.05) is 32.6 Å². The summed E-state index contributed by atoms with van der Waals surface area (Å²) < 4.78 is 2.30. The van der Waals surface area contributed by atoms with Crippen molar-refractivity contribution in [1.29, 1.82) is 0 Å². The molecule has 5 nitrogen and oxygen atoms in total. The van der Waals surface area contributed by atoms with Crippen LogP contribution in [0.2, 0.25) is 0 Å². The van der Waals surface area contributed by atoms with Crippen molar-refractivity contribution in [1.82, 2.24) is 19.4 Å². The average molecular weight is 299 g/mol. The normalized spacial score (nSPS) is 17.5. The first-order valence-electron chi connectivity index (χ1n) is 7.92. The molecule has 0 radical (unpaired) electrons. The molecule has 0 saturated heterocycles. The molecule has 22 heavy (non-hydrogen) atoms. The van der Waals surface area contributed by atoms with E-state index in [4.69, 9.17) is 0 Å². The van der Waals surface area contributed by atoms with Crippen LogP contribution in [0.4, 0.5) is 5.82 Å². The molecule has 0 bridgehead atoms. The molecule has 0 spiro atoms. The number of aromatic nitrogens is 3. The molecular formula is C17H25N5. The molecular weight excluding hydrogens is 274 g/mol. The van der Waals surface area contributed by atoms with E-state index in [2.05, 4.69) is 44.8 Å². The Morgan fingerprint density at radius 1 is 1.23 bits per heavy atom. The Morgan fingerprint density at radius 3 is 2.91 bits per heavy atom. The van der Waals surface area contributed by atoms with Gasteiger partial charge in [-0.1, -0.05) is 0 Å². The first-order chi connectivity index (χ1) is 10.6. The maximum Gasteiger partial charge on any atom is 0.128 e. The minimum Gasteiger partial charge on any atom is -0.363 e. The Kier molecular flexibility index (Phi) is 4.43. The fourth-order valence-electron chi connectivity index (χ4n) is 3.21. The van der Waals surface area contributed by atoms with E-state index >= 15 is 0 Å². The number of rotatable bonds is 5. The molecule has 2 aromatic rings. The van der Waals surface area contributed by atoms with Gasteiger partial charge in [0.1, 0.15) is 11.6 Å². The van der Waals surface area contributed by atoms with Crippen LogP contribution in [0.3, 0.4) is 0 Å². The topological polar surface area (TPSA) is 37.2 Å². The Bertz CT molecular complexity index is 619. The zero-order valence-electron chi connectivity index (χ0n) is 13.7. The first-order valence-corrected chi connectivity index (χ1v) is 7.92. The third-order valence-electron chi connectivity index (χ3n) is 4.32. The molecule has 2 aromatic heterocycles. The largest absolute Gasteiger partial charge is 0.363 e. The summed E-state index contributed by atoms with van der Waals surface area (Å²) in [6, 6.07) is 4.28. The molecule has 0 N–H and O–H groups in total. The van der Waals surface area contributed by atoms with E-state index in [1.165, 1.54) is 17.8 Å². The lowest BCUT2D eigenvalue weighted by Gasteiger charge is -2.28. The molecule has 5 heteroatoms. The van der Waals surface area contributed by atoms with Crippen molar-refractivity contribution in [2.24, 2.45) is 5.92 Å². The number of anilines is 1. The fraction of sp³-hybridized carbons (Fsp3) is 0.529. The van der Waals surface area contributed by atoms with Crippen LogP contribution in [0, 0.1) is 5.92 Å². The van der Waals surface area contributed by atoms with E-state index in [1.54, 1.807) is 0 Å². The van der Waals surface area contributed by atoms with Crippen LogP contribution >= 0.6 is 0 Å². The summed E-state index contributed by atoms with van der Waals surface area (Å²) in [4.78, 5) is 13.2. The van der Waals surface area contributed by atoms with Gasteiger partial charge in [-0.15, -0.1) is 0 Å². The van der Waals surface area contributed by atoms with Crippen molar-refractivity contribution in [2.45, 2.75) is 25.9 Å². The van der Waals surface area contributed by atoms with E-state index in [-0.39, 0.29) is 0 Å². The Morgan fingerprint density at radius 2 is 2.09 bits per heavy atom. The average Bonchev–Trinajstić information content (AvgIpc) is 2.95. The highest BCUT2D eigenvalue weighted by Gasteiger charge is 2.20. The molecule has 1 aliphatic heterocycles. The minimum absolute atomic E-state index is 0.710. The maximum atomic E-state index is 4.40. The van der Waals surface area contributed by atoms with E-state index in [0.717, 1.165) is 31.9 Å². The molecule has 1 aliphatic rings. The molecule has 1 unspecified atom stereocenters. The molecule has 1 atom stereocenters. The van der Waals surface area contributed by atoms with Crippen LogP contribution in [0.1, 0.15) is 17.8 Å². The van der Waals surface area contributed by atoms with Crippen molar-refractivity contribution >= 4 is 5.82 Å². The standard InChI is InChI=1S/C17H25N5/c1-20(2)17-10-14(6-7-18-17)11-21(3)12-15-4-5-16-19-8-9-22(16)13-15/h6-10,15H,4-5,11-13H2,1-3H3. The van der Waals surface area contributed by atoms with Crippen LogP contribution in [0.25, 0.3) is 0 Å². The summed E-state index contributed by atoms with van der Waals surface area (Å²) in [5.74, 6) is 2.97. The SMILES string of the molecule is CN(Cc1ccnc(N(C)C)c1)CC1CCc2nccn2C1. The lowest BCUT2D eigenvalue weighted by Crippen LogP contribution is -2.31. The maximum absolute atomic E-state index is 4.40. The highest BCUT2D eigenvalue weighted by molar-refractivity contribution is 5.38. The molecule has 0 amide bonds. The molecule has 118 valence electrons. The number of pyridine rings is 1. The van der Waals surface area contributed by atoms with Gasteiger partial charge in [0.25, 0.3) is 0 Å². The number of hydrogen-bond donors (Lipinski definition) is 0. The lowest BCUT2D eigenvalue weighted by atomic mass is 9.99. The third kappa shape index (κ3) is 3.47. The van der Waals surface area contributed by atoms with Gasteiger partial charge in [0, 0.05) is 58.7 Å². The highest BCUT2D eigenvalue weighted by Crippen LogP contribution is 2.20. The van der Waals surface area contributed by atoms with E-state index in [1.807, 2.05) is 31.4 Å². The zero-order valence-corrected chi connectivity index (χ0v) is 13.7. The van der Waals surface area contributed by atoms with Gasteiger partial charge in [0.2, 0.25) is 0 Å². The second kappa shape index (κ2) is 6.48. The van der Waals surface area contributed by atoms with E-state index in [0.29, 0.717) is 5.92 Å². The summed E-state index contributed by atoms with van der Waals surface area (Å²) >= 11 is 0. The van der Waals surface area contributed by atoms with Crippen LogP contribution in [0.15, 0.2) is 30.7 Å². The lowest BCUT2D eigenvalue weighted by molar-refractivity contribution is 0.229. The summed E-state index contributed by atoms with van der Waals surface area (Å²) in [7, 11) is 6.26. The summed E-state index contributed by atoms with van der Waals surface area (Å²) in [5.41, 5.74) is 1.32. The molecule has 0 saturated carbocycles. The van der Waals surface area contributed by atoms with Crippen LogP contribution in [-0.4, -0.2) is 47.1 Å². The quantitative estimate of drug-likeness (QED) is 0.847. The van der Waals surface area contributed by atoms with Crippen LogP contribution in [0.5, 0.6) is 0 Å². The Labute approximate surface area is 132 Å². The number of imidazole rings is 1. The third-order valence-corrected chi connectivity index (χ3v) is 4.32. The second-order valence-corrected chi connectivity index (χ2v) is 6.51. The van der Waals surface area contributed by atoms with Gasteiger partial charge >= 0.3 is 0 Å². The van der Waals surface area contributed by atoms with Crippen LogP contribution < -0.4 is 4.90 Å². The predicted octanol–water partition coefficient (Wildman–Crippen LogP) is 2.04. The van der Waals surface area contributed by atoms with Gasteiger partial charge in [-0.3, -0.25) is 0 Å².